The van der Waals surface area contributed by atoms with Gasteiger partial charge in [-0.3, -0.25) is 4.79 Å². The lowest BCUT2D eigenvalue weighted by atomic mass is 9.78. The SMILES string of the molecule is COCC(C(N)=O)c1cc(C(C)(C)C)cc(C(C)(C)C)c1. The molecule has 1 aromatic carbocycles. The smallest absolute Gasteiger partial charge is 0.227 e. The quantitative estimate of drug-likeness (QED) is 0.923. The molecule has 0 heterocycles. The van der Waals surface area contributed by atoms with Crippen molar-refractivity contribution in [1.82, 2.24) is 0 Å². The van der Waals surface area contributed by atoms with Gasteiger partial charge >= 0.3 is 0 Å². The second-order valence-corrected chi connectivity index (χ2v) is 7.75. The van der Waals surface area contributed by atoms with Gasteiger partial charge in [0.25, 0.3) is 0 Å². The van der Waals surface area contributed by atoms with Crippen molar-refractivity contribution in [1.29, 1.82) is 0 Å². The zero-order valence-corrected chi connectivity index (χ0v) is 14.4. The minimum Gasteiger partial charge on any atom is -0.384 e. The van der Waals surface area contributed by atoms with E-state index in [9.17, 15) is 4.79 Å². The van der Waals surface area contributed by atoms with E-state index in [1.807, 2.05) is 0 Å². The molecule has 0 saturated carbocycles. The zero-order chi connectivity index (χ0) is 16.4. The van der Waals surface area contributed by atoms with Gasteiger partial charge in [0.1, 0.15) is 0 Å². The van der Waals surface area contributed by atoms with Crippen LogP contribution < -0.4 is 5.73 Å². The highest BCUT2D eigenvalue weighted by molar-refractivity contribution is 5.82. The van der Waals surface area contributed by atoms with E-state index in [1.165, 1.54) is 11.1 Å². The molecule has 1 unspecified atom stereocenters. The molecule has 1 atom stereocenters. The van der Waals surface area contributed by atoms with Gasteiger partial charge in [-0.05, 0) is 27.5 Å². The fourth-order valence-electron chi connectivity index (χ4n) is 2.23. The van der Waals surface area contributed by atoms with E-state index in [0.717, 1.165) is 5.56 Å². The number of hydrogen-bond donors (Lipinski definition) is 1. The number of methoxy groups -OCH3 is 1. The maximum atomic E-state index is 11.8. The molecule has 3 nitrogen and oxygen atoms in total. The molecule has 1 rings (SSSR count). The van der Waals surface area contributed by atoms with E-state index in [0.29, 0.717) is 6.61 Å². The van der Waals surface area contributed by atoms with Crippen molar-refractivity contribution in [2.45, 2.75) is 58.3 Å². The van der Waals surface area contributed by atoms with E-state index in [1.54, 1.807) is 7.11 Å². The molecule has 3 heteroatoms. The van der Waals surface area contributed by atoms with Crippen LogP contribution in [0.4, 0.5) is 0 Å². The number of amides is 1. The van der Waals surface area contributed by atoms with E-state index < -0.39 is 5.92 Å². The number of ether oxygens (including phenoxy) is 1. The van der Waals surface area contributed by atoms with Gasteiger partial charge in [-0.15, -0.1) is 0 Å². The molecule has 0 bridgehead atoms. The number of rotatable bonds is 4. The molecule has 0 aliphatic heterocycles. The molecule has 0 radical (unpaired) electrons. The fourth-order valence-corrected chi connectivity index (χ4v) is 2.23. The summed E-state index contributed by atoms with van der Waals surface area (Å²) in [7, 11) is 1.59. The number of hydrogen-bond acceptors (Lipinski definition) is 2. The summed E-state index contributed by atoms with van der Waals surface area (Å²) in [5.41, 5.74) is 8.97. The highest BCUT2D eigenvalue weighted by Gasteiger charge is 2.25. The van der Waals surface area contributed by atoms with Crippen LogP contribution in [0.25, 0.3) is 0 Å². The minimum atomic E-state index is -0.404. The van der Waals surface area contributed by atoms with Gasteiger partial charge < -0.3 is 10.5 Å². The van der Waals surface area contributed by atoms with Gasteiger partial charge in [0, 0.05) is 7.11 Å². The van der Waals surface area contributed by atoms with Crippen molar-refractivity contribution >= 4 is 5.91 Å². The molecule has 2 N–H and O–H groups in total. The predicted octanol–water partition coefficient (Wildman–Crippen LogP) is 3.50. The topological polar surface area (TPSA) is 52.3 Å². The van der Waals surface area contributed by atoms with Crippen LogP contribution >= 0.6 is 0 Å². The minimum absolute atomic E-state index is 0.0191. The highest BCUT2D eigenvalue weighted by Crippen LogP contribution is 2.32. The van der Waals surface area contributed by atoms with E-state index in [2.05, 4.69) is 59.7 Å². The molecule has 21 heavy (non-hydrogen) atoms. The normalized spacial score (nSPS) is 14.0. The fraction of sp³-hybridized carbons (Fsp3) is 0.611. The third-order valence-electron chi connectivity index (χ3n) is 3.77. The van der Waals surface area contributed by atoms with Crippen LogP contribution in [-0.4, -0.2) is 19.6 Å². The molecule has 0 saturated heterocycles. The summed E-state index contributed by atoms with van der Waals surface area (Å²) in [5.74, 6) is -0.749. The average Bonchev–Trinajstić information content (AvgIpc) is 2.32. The number of benzene rings is 1. The van der Waals surface area contributed by atoms with E-state index in [-0.39, 0.29) is 16.7 Å². The molecular weight excluding hydrogens is 262 g/mol. The Bertz CT molecular complexity index is 475. The summed E-state index contributed by atoms with van der Waals surface area (Å²) in [6.07, 6.45) is 0. The summed E-state index contributed by atoms with van der Waals surface area (Å²) in [6, 6.07) is 6.40. The standard InChI is InChI=1S/C18H29NO2/c1-17(2,3)13-8-12(15(11-21-7)16(19)20)9-14(10-13)18(4,5)6/h8-10,15H,11H2,1-7H3,(H2,19,20). The Morgan fingerprint density at radius 3 is 1.76 bits per heavy atom. The van der Waals surface area contributed by atoms with Crippen LogP contribution in [0.3, 0.4) is 0 Å². The molecule has 0 spiro atoms. The molecule has 0 fully saturated rings. The van der Waals surface area contributed by atoms with Gasteiger partial charge in [0.05, 0.1) is 12.5 Å². The van der Waals surface area contributed by atoms with Crippen LogP contribution in [0.5, 0.6) is 0 Å². The summed E-state index contributed by atoms with van der Waals surface area (Å²) < 4.78 is 5.17. The third kappa shape index (κ3) is 4.57. The zero-order valence-electron chi connectivity index (χ0n) is 14.4. The molecule has 1 aromatic rings. The Kier molecular flexibility index (Phi) is 5.21. The summed E-state index contributed by atoms with van der Waals surface area (Å²) in [4.78, 5) is 11.8. The van der Waals surface area contributed by atoms with Crippen molar-refractivity contribution in [3.8, 4) is 0 Å². The van der Waals surface area contributed by atoms with Gasteiger partial charge in [0.15, 0.2) is 0 Å². The number of carbonyl (C=O) groups excluding carboxylic acids is 1. The van der Waals surface area contributed by atoms with E-state index in [4.69, 9.17) is 10.5 Å². The van der Waals surface area contributed by atoms with Crippen molar-refractivity contribution < 1.29 is 9.53 Å². The van der Waals surface area contributed by atoms with Crippen LogP contribution in [-0.2, 0) is 20.4 Å². The lowest BCUT2D eigenvalue weighted by Gasteiger charge is -2.27. The lowest BCUT2D eigenvalue weighted by molar-refractivity contribution is -0.120. The first-order valence-electron chi connectivity index (χ1n) is 7.41. The number of primary amides is 1. The van der Waals surface area contributed by atoms with E-state index >= 15 is 0 Å². The first-order chi connectivity index (χ1) is 9.46. The molecule has 118 valence electrons. The van der Waals surface area contributed by atoms with Crippen molar-refractivity contribution in [2.24, 2.45) is 5.73 Å². The van der Waals surface area contributed by atoms with Gasteiger partial charge in [0.2, 0.25) is 5.91 Å². The molecule has 0 aliphatic rings. The second kappa shape index (κ2) is 6.18. The second-order valence-electron chi connectivity index (χ2n) is 7.75. The predicted molar refractivity (Wildman–Crippen MR) is 87.7 cm³/mol. The first kappa shape index (κ1) is 17.7. The van der Waals surface area contributed by atoms with Crippen molar-refractivity contribution in [2.75, 3.05) is 13.7 Å². The Morgan fingerprint density at radius 1 is 1.05 bits per heavy atom. The van der Waals surface area contributed by atoms with Crippen LogP contribution in [0, 0.1) is 0 Å². The Morgan fingerprint density at radius 2 is 1.48 bits per heavy atom. The monoisotopic (exact) mass is 291 g/mol. The number of nitrogens with two attached hydrogens (primary N) is 1. The largest absolute Gasteiger partial charge is 0.384 e. The van der Waals surface area contributed by atoms with Crippen LogP contribution in [0.15, 0.2) is 18.2 Å². The maximum Gasteiger partial charge on any atom is 0.227 e. The van der Waals surface area contributed by atoms with Crippen molar-refractivity contribution in [3.63, 3.8) is 0 Å². The van der Waals surface area contributed by atoms with Gasteiger partial charge in [-0.25, -0.2) is 0 Å². The number of carbonyl (C=O) groups is 1. The van der Waals surface area contributed by atoms with Crippen LogP contribution in [0.1, 0.15) is 64.2 Å². The molecular formula is C18H29NO2. The summed E-state index contributed by atoms with van der Waals surface area (Å²) in [6.45, 7) is 13.4. The Labute approximate surface area is 128 Å². The third-order valence-corrected chi connectivity index (χ3v) is 3.77. The summed E-state index contributed by atoms with van der Waals surface area (Å²) in [5, 5.41) is 0. The van der Waals surface area contributed by atoms with Gasteiger partial charge in [-0.1, -0.05) is 59.7 Å². The van der Waals surface area contributed by atoms with Crippen LogP contribution in [0.2, 0.25) is 0 Å². The molecule has 0 aliphatic carbocycles. The Hall–Kier alpha value is -1.35. The highest BCUT2D eigenvalue weighted by atomic mass is 16.5. The summed E-state index contributed by atoms with van der Waals surface area (Å²) >= 11 is 0. The maximum absolute atomic E-state index is 11.8. The Balaban J connectivity index is 3.47. The lowest BCUT2D eigenvalue weighted by Crippen LogP contribution is -2.26. The molecule has 0 aromatic heterocycles. The molecule has 1 amide bonds. The van der Waals surface area contributed by atoms with Crippen molar-refractivity contribution in [3.05, 3.63) is 34.9 Å². The van der Waals surface area contributed by atoms with Gasteiger partial charge in [-0.2, -0.15) is 0 Å². The first-order valence-corrected chi connectivity index (χ1v) is 7.41. The average molecular weight is 291 g/mol.